The Bertz CT molecular complexity index is 1250. The highest BCUT2D eigenvalue weighted by Crippen LogP contribution is 2.34. The van der Waals surface area contributed by atoms with Crippen LogP contribution in [0.2, 0.25) is 0 Å². The van der Waals surface area contributed by atoms with Crippen molar-refractivity contribution in [3.05, 3.63) is 84.0 Å². The molecule has 0 aromatic heterocycles. The molecule has 44 heavy (non-hydrogen) atoms. The van der Waals surface area contributed by atoms with Gasteiger partial charge in [-0.05, 0) is 117 Å². The zero-order valence-electron chi connectivity index (χ0n) is 29.3. The molecule has 2 rings (SSSR count). The maximum atomic E-state index is 11.9. The highest BCUT2D eigenvalue weighted by atomic mass is 16.6. The Morgan fingerprint density at radius 2 is 1.00 bits per heavy atom. The van der Waals surface area contributed by atoms with Crippen molar-refractivity contribution in [3.8, 4) is 11.5 Å². The summed E-state index contributed by atoms with van der Waals surface area (Å²) in [5, 5.41) is 0. The molecular weight excluding hydrogens is 552 g/mol. The van der Waals surface area contributed by atoms with Crippen molar-refractivity contribution in [2.24, 2.45) is 0 Å². The smallest absolute Gasteiger partial charge is 0.333 e. The van der Waals surface area contributed by atoms with Gasteiger partial charge >= 0.3 is 11.9 Å². The zero-order valence-corrected chi connectivity index (χ0v) is 29.3. The van der Waals surface area contributed by atoms with Gasteiger partial charge in [-0.15, -0.1) is 0 Å². The number of benzene rings is 2. The van der Waals surface area contributed by atoms with Gasteiger partial charge in [0, 0.05) is 16.6 Å². The van der Waals surface area contributed by atoms with Gasteiger partial charge in [-0.25, -0.2) is 9.59 Å². The first-order valence-corrected chi connectivity index (χ1v) is 15.5. The normalized spacial score (nSPS) is 11.9. The molecule has 0 aliphatic rings. The lowest BCUT2D eigenvalue weighted by molar-refractivity contribution is -0.153. The highest BCUT2D eigenvalue weighted by molar-refractivity contribution is 5.87. The van der Waals surface area contributed by atoms with Gasteiger partial charge in [0.1, 0.15) is 28.3 Å². The summed E-state index contributed by atoms with van der Waals surface area (Å²) in [6, 6.07) is 16.6. The third kappa shape index (κ3) is 13.0. The summed E-state index contributed by atoms with van der Waals surface area (Å²) in [5.74, 6) is 1.05. The third-order valence-electron chi connectivity index (χ3n) is 7.47. The summed E-state index contributed by atoms with van der Waals surface area (Å²) >= 11 is 0. The van der Waals surface area contributed by atoms with Gasteiger partial charge in [0.05, 0.1) is 6.61 Å². The second kappa shape index (κ2) is 16.0. The largest absolute Gasteiger partial charge is 0.494 e. The van der Waals surface area contributed by atoms with Crippen LogP contribution >= 0.6 is 0 Å². The quantitative estimate of drug-likeness (QED) is 0.157. The van der Waals surface area contributed by atoms with Gasteiger partial charge in [0.2, 0.25) is 0 Å². The molecular formula is C38H56O6. The maximum absolute atomic E-state index is 11.9. The summed E-state index contributed by atoms with van der Waals surface area (Å²) in [4.78, 5) is 22.9. The molecule has 0 saturated carbocycles. The topological polar surface area (TPSA) is 71.1 Å². The van der Waals surface area contributed by atoms with E-state index in [0.29, 0.717) is 24.2 Å². The van der Waals surface area contributed by atoms with Gasteiger partial charge in [-0.1, -0.05) is 58.2 Å². The van der Waals surface area contributed by atoms with E-state index in [4.69, 9.17) is 18.9 Å². The lowest BCUT2D eigenvalue weighted by atomic mass is 9.78. The molecule has 6 heteroatoms. The molecule has 0 radical (unpaired) electrons. The van der Waals surface area contributed by atoms with E-state index >= 15 is 0 Å². The van der Waals surface area contributed by atoms with Crippen molar-refractivity contribution < 1.29 is 28.5 Å². The van der Waals surface area contributed by atoms with Gasteiger partial charge < -0.3 is 18.9 Å². The molecule has 0 aliphatic carbocycles. The predicted molar refractivity (Wildman–Crippen MR) is 180 cm³/mol. The number of ether oxygens (including phenoxy) is 4. The molecule has 6 nitrogen and oxygen atoms in total. The second-order valence-electron chi connectivity index (χ2n) is 13.7. The fourth-order valence-corrected chi connectivity index (χ4v) is 4.01. The highest BCUT2D eigenvalue weighted by Gasteiger charge is 2.29. The lowest BCUT2D eigenvalue weighted by Gasteiger charge is -2.32. The molecule has 0 unspecified atom stereocenters. The zero-order chi connectivity index (χ0) is 33.9. The van der Waals surface area contributed by atoms with Crippen LogP contribution in [0, 0.1) is 0 Å². The average molecular weight is 609 g/mol. The van der Waals surface area contributed by atoms with E-state index in [1.165, 1.54) is 11.1 Å². The minimum atomic E-state index is -0.581. The lowest BCUT2D eigenvalue weighted by Crippen LogP contribution is -2.35. The molecule has 0 bridgehead atoms. The predicted octanol–water partition coefficient (Wildman–Crippen LogP) is 9.54. The first-order valence-electron chi connectivity index (χ1n) is 15.5. The number of hydrogen-bond acceptors (Lipinski definition) is 6. The Kier molecular flexibility index (Phi) is 14.0. The van der Waals surface area contributed by atoms with Gasteiger partial charge in [0.15, 0.2) is 0 Å². The van der Waals surface area contributed by atoms with Crippen LogP contribution in [0.4, 0.5) is 0 Å². The minimum Gasteiger partial charge on any atom is -0.494 e. The Morgan fingerprint density at radius 1 is 0.614 bits per heavy atom. The molecule has 244 valence electrons. The Labute approximate surface area is 266 Å². The molecule has 2 aromatic carbocycles. The van der Waals surface area contributed by atoms with Crippen LogP contribution in [-0.4, -0.2) is 35.3 Å². The molecule has 0 spiro atoms. The first-order chi connectivity index (χ1) is 20.1. The van der Waals surface area contributed by atoms with Gasteiger partial charge in [0.25, 0.3) is 0 Å². The van der Waals surface area contributed by atoms with Crippen LogP contribution in [0.5, 0.6) is 11.5 Å². The number of esters is 2. The van der Waals surface area contributed by atoms with E-state index < -0.39 is 11.2 Å². The van der Waals surface area contributed by atoms with Crippen LogP contribution in [0.1, 0.15) is 113 Å². The molecule has 0 N–H and O–H groups in total. The van der Waals surface area contributed by atoms with Crippen molar-refractivity contribution in [1.82, 2.24) is 0 Å². The first kappa shape index (κ1) is 38.5. The van der Waals surface area contributed by atoms with Crippen molar-refractivity contribution in [2.75, 3.05) is 6.61 Å². The molecule has 0 heterocycles. The van der Waals surface area contributed by atoms with Gasteiger partial charge in [-0.3, -0.25) is 0 Å². The van der Waals surface area contributed by atoms with Crippen molar-refractivity contribution in [3.63, 3.8) is 0 Å². The maximum Gasteiger partial charge on any atom is 0.333 e. The average Bonchev–Trinajstić information content (AvgIpc) is 2.92. The van der Waals surface area contributed by atoms with E-state index in [0.717, 1.165) is 24.3 Å². The summed E-state index contributed by atoms with van der Waals surface area (Å²) in [7, 11) is 0. The van der Waals surface area contributed by atoms with E-state index in [1.54, 1.807) is 13.8 Å². The SMILES string of the molecule is C=C(C)C(=O)OC(C)(C)CC.C=C(C)C(=O)OC(C)(C)CCC(C)(C)Oc1ccc(C(C)(C)c2ccc(OCC)cc2)cc1. The summed E-state index contributed by atoms with van der Waals surface area (Å²) in [5.41, 5.74) is 1.81. The molecule has 0 amide bonds. The Hall–Kier alpha value is -3.54. The summed E-state index contributed by atoms with van der Waals surface area (Å²) in [6.07, 6.45) is 2.23. The molecule has 2 aromatic rings. The fraction of sp³-hybridized carbons (Fsp3) is 0.526. The Balaban J connectivity index is 0.000000747. The Morgan fingerprint density at radius 3 is 1.39 bits per heavy atom. The van der Waals surface area contributed by atoms with Crippen LogP contribution in [-0.2, 0) is 24.5 Å². The number of carbonyl (C=O) groups excluding carboxylic acids is 2. The minimum absolute atomic E-state index is 0.143. The van der Waals surface area contributed by atoms with Crippen molar-refractivity contribution in [2.45, 2.75) is 125 Å². The van der Waals surface area contributed by atoms with Crippen LogP contribution in [0.3, 0.4) is 0 Å². The van der Waals surface area contributed by atoms with E-state index in [1.807, 2.05) is 65.8 Å². The van der Waals surface area contributed by atoms with Crippen molar-refractivity contribution in [1.29, 1.82) is 0 Å². The monoisotopic (exact) mass is 608 g/mol. The van der Waals surface area contributed by atoms with Crippen molar-refractivity contribution >= 4 is 11.9 Å². The van der Waals surface area contributed by atoms with E-state index in [2.05, 4.69) is 65.1 Å². The summed E-state index contributed by atoms with van der Waals surface area (Å²) in [6.45, 7) is 31.2. The number of hydrogen-bond donors (Lipinski definition) is 0. The fourth-order valence-electron chi connectivity index (χ4n) is 4.01. The van der Waals surface area contributed by atoms with Gasteiger partial charge in [-0.2, -0.15) is 0 Å². The van der Waals surface area contributed by atoms with E-state index in [-0.39, 0.29) is 23.0 Å². The summed E-state index contributed by atoms with van der Waals surface area (Å²) < 4.78 is 22.5. The number of carbonyl (C=O) groups is 2. The third-order valence-corrected chi connectivity index (χ3v) is 7.47. The van der Waals surface area contributed by atoms with E-state index in [9.17, 15) is 9.59 Å². The van der Waals surface area contributed by atoms with Crippen LogP contribution < -0.4 is 9.47 Å². The van der Waals surface area contributed by atoms with Crippen LogP contribution in [0.25, 0.3) is 0 Å². The molecule has 0 fully saturated rings. The molecule has 0 aliphatic heterocycles. The molecule has 0 atom stereocenters. The molecule has 0 saturated heterocycles. The number of rotatable bonds is 14. The standard InChI is InChI=1S/C29H40O4.C9H16O2/c1-10-31-24-15-11-22(12-16-24)29(8,9)23-13-17-25(18-14-23)32-27(4,5)19-20-28(6,7)33-26(30)21(2)3;1-6-9(4,5)11-8(10)7(2)3/h11-18H,2,10,19-20H2,1,3-9H3;2,6H2,1,3-5H3. The van der Waals surface area contributed by atoms with Crippen LogP contribution in [0.15, 0.2) is 72.8 Å². The second-order valence-corrected chi connectivity index (χ2v) is 13.7.